The van der Waals surface area contributed by atoms with Gasteiger partial charge >= 0.3 is 0 Å². The van der Waals surface area contributed by atoms with Crippen LogP contribution in [0.5, 0.6) is 0 Å². The fraction of sp³-hybridized carbons (Fsp3) is 0.550. The van der Waals surface area contributed by atoms with Crippen LogP contribution in [0.25, 0.3) is 22.4 Å². The Morgan fingerprint density at radius 2 is 2.17 bits per heavy atom. The number of H-pyrrole nitrogens is 1. The fourth-order valence-corrected chi connectivity index (χ4v) is 5.46. The second kappa shape index (κ2) is 7.26. The lowest BCUT2D eigenvalue weighted by atomic mass is 9.64. The highest BCUT2D eigenvalue weighted by molar-refractivity contribution is 6.66. The summed E-state index contributed by atoms with van der Waals surface area (Å²) >= 11 is 17.7. The summed E-state index contributed by atoms with van der Waals surface area (Å²) in [6, 6.07) is 2.19. The Bertz CT molecular complexity index is 1080. The number of pyridine rings is 1. The standard InChI is InChI=1S/C20H22Cl3N5O2/c1-10-6-11-8-19(29,7-10)4-2-14(11)26-15-12-3-5-24-16(12)25-9-13(15)17-27-18(30-28-17)20(21,22)23/h3,5,9-11,14,29H,2,4,6-8H2,1H3,(H2,24,25,26)/t10?,11-,14-,19-/m0/s1. The first-order valence-electron chi connectivity index (χ1n) is 10.1. The van der Waals surface area contributed by atoms with Gasteiger partial charge in [-0.3, -0.25) is 0 Å². The highest BCUT2D eigenvalue weighted by Gasteiger charge is 2.45. The minimum Gasteiger partial charge on any atom is -0.390 e. The van der Waals surface area contributed by atoms with E-state index in [0.29, 0.717) is 23.2 Å². The molecule has 10 heteroatoms. The summed E-state index contributed by atoms with van der Waals surface area (Å²) in [5, 5.41) is 19.6. The molecule has 2 aliphatic carbocycles. The van der Waals surface area contributed by atoms with Crippen LogP contribution in [0.1, 0.15) is 44.9 Å². The number of fused-ring (bicyclic) bond motifs is 3. The summed E-state index contributed by atoms with van der Waals surface area (Å²) in [5.74, 6) is 1.11. The maximum atomic E-state index is 10.9. The summed E-state index contributed by atoms with van der Waals surface area (Å²) < 4.78 is 3.37. The molecule has 4 atom stereocenters. The van der Waals surface area contributed by atoms with Gasteiger partial charge in [0.05, 0.1) is 16.9 Å². The Balaban J connectivity index is 1.53. The van der Waals surface area contributed by atoms with Gasteiger partial charge in [-0.2, -0.15) is 4.98 Å². The number of aromatic nitrogens is 4. The van der Waals surface area contributed by atoms with Gasteiger partial charge in [0.25, 0.3) is 9.68 Å². The van der Waals surface area contributed by atoms with Crippen molar-refractivity contribution in [1.29, 1.82) is 0 Å². The minimum absolute atomic E-state index is 0.0912. The largest absolute Gasteiger partial charge is 0.390 e. The molecule has 3 heterocycles. The number of nitrogens with one attached hydrogen (secondary N) is 2. The maximum absolute atomic E-state index is 10.9. The van der Waals surface area contributed by atoms with Crippen LogP contribution in [0, 0.1) is 11.8 Å². The van der Waals surface area contributed by atoms with Crippen LogP contribution in [0.4, 0.5) is 5.69 Å². The van der Waals surface area contributed by atoms with E-state index in [1.165, 1.54) is 0 Å². The summed E-state index contributed by atoms with van der Waals surface area (Å²) in [5.41, 5.74) is 1.77. The first-order valence-corrected chi connectivity index (χ1v) is 11.2. The van der Waals surface area contributed by atoms with Gasteiger partial charge in [0.15, 0.2) is 0 Å². The zero-order chi connectivity index (χ0) is 21.1. The van der Waals surface area contributed by atoms with E-state index in [-0.39, 0.29) is 11.9 Å². The van der Waals surface area contributed by atoms with Crippen LogP contribution in [-0.4, -0.2) is 36.9 Å². The Labute approximate surface area is 188 Å². The van der Waals surface area contributed by atoms with Crippen molar-refractivity contribution in [2.24, 2.45) is 11.8 Å². The van der Waals surface area contributed by atoms with Crippen molar-refractivity contribution in [3.05, 3.63) is 24.4 Å². The minimum atomic E-state index is -1.80. The third kappa shape index (κ3) is 3.66. The third-order valence-electron chi connectivity index (χ3n) is 6.39. The lowest BCUT2D eigenvalue weighted by molar-refractivity contribution is -0.0677. The van der Waals surface area contributed by atoms with E-state index in [1.807, 2.05) is 12.3 Å². The second-order valence-corrected chi connectivity index (χ2v) is 11.0. The van der Waals surface area contributed by atoms with Crippen molar-refractivity contribution < 1.29 is 9.63 Å². The number of hydrogen-bond donors (Lipinski definition) is 3. The van der Waals surface area contributed by atoms with Crippen LogP contribution in [0.15, 0.2) is 23.0 Å². The molecule has 3 aromatic rings. The van der Waals surface area contributed by atoms with Gasteiger partial charge in [-0.1, -0.05) is 46.9 Å². The smallest absolute Gasteiger partial charge is 0.279 e. The molecule has 2 fully saturated rings. The number of rotatable bonds is 3. The highest BCUT2D eigenvalue weighted by atomic mass is 35.6. The van der Waals surface area contributed by atoms with Crippen molar-refractivity contribution in [3.8, 4) is 11.4 Å². The topological polar surface area (TPSA) is 99.9 Å². The molecular formula is C20H22Cl3N5O2. The van der Waals surface area contributed by atoms with Crippen LogP contribution in [0.2, 0.25) is 0 Å². The van der Waals surface area contributed by atoms with E-state index in [2.05, 4.69) is 32.3 Å². The van der Waals surface area contributed by atoms with Gasteiger partial charge < -0.3 is 19.9 Å². The summed E-state index contributed by atoms with van der Waals surface area (Å²) in [6.45, 7) is 2.22. The Morgan fingerprint density at radius 1 is 1.33 bits per heavy atom. The molecule has 5 rings (SSSR count). The molecule has 3 aromatic heterocycles. The normalized spacial score (nSPS) is 29.3. The Morgan fingerprint density at radius 3 is 2.93 bits per heavy atom. The first kappa shape index (κ1) is 20.4. The lowest BCUT2D eigenvalue weighted by Gasteiger charge is -2.48. The van der Waals surface area contributed by atoms with E-state index < -0.39 is 9.39 Å². The molecule has 2 saturated carbocycles. The second-order valence-electron chi connectivity index (χ2n) is 8.73. The third-order valence-corrected chi connectivity index (χ3v) is 6.88. The molecule has 30 heavy (non-hydrogen) atoms. The van der Waals surface area contributed by atoms with Crippen molar-refractivity contribution >= 4 is 51.5 Å². The SMILES string of the molecule is CC1C[C@H]2C[C@](O)(CC[C@@H]2Nc2c(-c3noc(C(Cl)(Cl)Cl)n3)cnc3[nH]ccc23)C1. The van der Waals surface area contributed by atoms with Crippen molar-refractivity contribution in [2.75, 3.05) is 5.32 Å². The van der Waals surface area contributed by atoms with Gasteiger partial charge in [0.2, 0.25) is 5.82 Å². The zero-order valence-electron chi connectivity index (χ0n) is 16.3. The van der Waals surface area contributed by atoms with Gasteiger partial charge in [0.1, 0.15) is 5.65 Å². The fourth-order valence-electron chi connectivity index (χ4n) is 5.23. The van der Waals surface area contributed by atoms with E-state index in [0.717, 1.165) is 48.8 Å². The van der Waals surface area contributed by atoms with Gasteiger partial charge in [0, 0.05) is 23.8 Å². The van der Waals surface area contributed by atoms with E-state index >= 15 is 0 Å². The van der Waals surface area contributed by atoms with Crippen LogP contribution in [-0.2, 0) is 3.79 Å². The molecule has 0 amide bonds. The quantitative estimate of drug-likeness (QED) is 0.456. The molecule has 2 aliphatic rings. The molecule has 0 saturated heterocycles. The lowest BCUT2D eigenvalue weighted by Crippen LogP contribution is -2.49. The summed E-state index contributed by atoms with van der Waals surface area (Å²) in [4.78, 5) is 11.9. The first-order chi connectivity index (χ1) is 14.2. The summed E-state index contributed by atoms with van der Waals surface area (Å²) in [7, 11) is 0. The average Bonchev–Trinajstić information content (AvgIpc) is 3.32. The molecular weight excluding hydrogens is 449 g/mol. The monoisotopic (exact) mass is 469 g/mol. The number of hydrogen-bond acceptors (Lipinski definition) is 6. The predicted molar refractivity (Wildman–Crippen MR) is 117 cm³/mol. The highest BCUT2D eigenvalue weighted by Crippen LogP contribution is 2.47. The van der Waals surface area contributed by atoms with Crippen LogP contribution >= 0.6 is 34.8 Å². The molecule has 160 valence electrons. The Kier molecular flexibility index (Phi) is 4.93. The number of anilines is 1. The van der Waals surface area contributed by atoms with E-state index in [9.17, 15) is 5.11 Å². The van der Waals surface area contributed by atoms with E-state index in [4.69, 9.17) is 39.3 Å². The van der Waals surface area contributed by atoms with Gasteiger partial charge in [-0.25, -0.2) is 4.98 Å². The molecule has 0 spiro atoms. The molecule has 2 bridgehead atoms. The molecule has 1 unspecified atom stereocenters. The average molecular weight is 471 g/mol. The number of nitrogens with zero attached hydrogens (tertiary/aromatic N) is 3. The number of aromatic amines is 1. The molecule has 0 aliphatic heterocycles. The van der Waals surface area contributed by atoms with Crippen LogP contribution < -0.4 is 5.32 Å². The number of halogens is 3. The molecule has 0 aromatic carbocycles. The Hall–Kier alpha value is -1.54. The molecule has 3 N–H and O–H groups in total. The number of alkyl halides is 3. The zero-order valence-corrected chi connectivity index (χ0v) is 18.6. The van der Waals surface area contributed by atoms with E-state index in [1.54, 1.807) is 6.20 Å². The van der Waals surface area contributed by atoms with Gasteiger partial charge in [-0.05, 0) is 50.0 Å². The van der Waals surface area contributed by atoms with Crippen LogP contribution in [0.3, 0.4) is 0 Å². The van der Waals surface area contributed by atoms with Crippen molar-refractivity contribution in [2.45, 2.75) is 54.5 Å². The number of aliphatic hydroxyl groups is 1. The van der Waals surface area contributed by atoms with Gasteiger partial charge in [-0.15, -0.1) is 0 Å². The van der Waals surface area contributed by atoms with Crippen molar-refractivity contribution in [1.82, 2.24) is 20.1 Å². The molecule has 7 nitrogen and oxygen atoms in total. The molecule has 0 radical (unpaired) electrons. The van der Waals surface area contributed by atoms with Crippen molar-refractivity contribution in [3.63, 3.8) is 0 Å². The predicted octanol–water partition coefficient (Wildman–Crippen LogP) is 5.18. The maximum Gasteiger partial charge on any atom is 0.279 e. The summed E-state index contributed by atoms with van der Waals surface area (Å²) in [6.07, 6.45) is 8.03.